The molecule has 2 amide bonds. The van der Waals surface area contributed by atoms with Crippen molar-refractivity contribution < 1.29 is 18.7 Å². The summed E-state index contributed by atoms with van der Waals surface area (Å²) in [4.78, 5) is 26.0. The normalized spacial score (nSPS) is 21.4. The van der Waals surface area contributed by atoms with Gasteiger partial charge in [-0.1, -0.05) is 0 Å². The largest absolute Gasteiger partial charge is 0.443 e. The first-order chi connectivity index (χ1) is 9.51. The van der Waals surface area contributed by atoms with E-state index in [1.807, 2.05) is 0 Å². The number of hydrogen-bond donors (Lipinski definition) is 1. The van der Waals surface area contributed by atoms with Crippen molar-refractivity contribution in [2.45, 2.75) is 12.5 Å². The molecule has 0 aliphatic carbocycles. The quantitative estimate of drug-likeness (QED) is 0.861. The smallest absolute Gasteiger partial charge is 0.414 e. The fraction of sp³-hybridized carbons (Fsp3) is 0.385. The third kappa shape index (κ3) is 1.82. The first-order valence-corrected chi connectivity index (χ1v) is 6.28. The van der Waals surface area contributed by atoms with Gasteiger partial charge in [-0.05, 0) is 17.7 Å². The summed E-state index contributed by atoms with van der Waals surface area (Å²) < 4.78 is 19.2. The summed E-state index contributed by atoms with van der Waals surface area (Å²) in [7, 11) is 1.53. The Morgan fingerprint density at radius 1 is 1.45 bits per heavy atom. The fourth-order valence-electron chi connectivity index (χ4n) is 2.57. The van der Waals surface area contributed by atoms with Gasteiger partial charge in [0.15, 0.2) is 0 Å². The lowest BCUT2D eigenvalue weighted by Gasteiger charge is -2.16. The molecule has 0 bridgehead atoms. The van der Waals surface area contributed by atoms with Crippen molar-refractivity contribution in [1.29, 1.82) is 0 Å². The Balaban J connectivity index is 1.98. The molecular weight excluding hydrogens is 265 g/mol. The number of carbonyl (C=O) groups excluding carboxylic acids is 2. The van der Waals surface area contributed by atoms with E-state index in [1.54, 1.807) is 6.07 Å². The summed E-state index contributed by atoms with van der Waals surface area (Å²) in [5.74, 6) is -0.685. The van der Waals surface area contributed by atoms with Crippen LogP contribution in [0.25, 0.3) is 0 Å². The average molecular weight is 279 g/mol. The molecule has 1 saturated heterocycles. The van der Waals surface area contributed by atoms with Crippen LogP contribution < -0.4 is 15.5 Å². The number of amides is 2. The first kappa shape index (κ1) is 12.9. The molecule has 1 aromatic rings. The average Bonchev–Trinajstić information content (AvgIpc) is 2.91. The van der Waals surface area contributed by atoms with Crippen LogP contribution in [0.1, 0.15) is 5.56 Å². The van der Waals surface area contributed by atoms with E-state index in [0.29, 0.717) is 11.3 Å². The van der Waals surface area contributed by atoms with Gasteiger partial charge in [-0.2, -0.15) is 0 Å². The van der Waals surface area contributed by atoms with Crippen LogP contribution >= 0.6 is 0 Å². The number of anilines is 2. The minimum atomic E-state index is -0.544. The molecule has 1 aromatic carbocycles. The van der Waals surface area contributed by atoms with Crippen molar-refractivity contribution >= 4 is 23.4 Å². The lowest BCUT2D eigenvalue weighted by atomic mass is 10.1. The van der Waals surface area contributed by atoms with Gasteiger partial charge in [0.2, 0.25) is 5.91 Å². The highest BCUT2D eigenvalue weighted by atomic mass is 19.1. The maximum Gasteiger partial charge on any atom is 0.414 e. The van der Waals surface area contributed by atoms with E-state index in [2.05, 4.69) is 0 Å². The van der Waals surface area contributed by atoms with Gasteiger partial charge < -0.3 is 15.4 Å². The Bertz CT molecular complexity index is 605. The molecule has 0 saturated carbocycles. The van der Waals surface area contributed by atoms with Crippen molar-refractivity contribution in [2.24, 2.45) is 5.73 Å². The number of cyclic esters (lactones) is 1. The highest BCUT2D eigenvalue weighted by Crippen LogP contribution is 2.35. The number of halogens is 1. The van der Waals surface area contributed by atoms with E-state index in [9.17, 15) is 14.0 Å². The number of carbonyl (C=O) groups is 2. The molecule has 0 aromatic heterocycles. The Labute approximate surface area is 114 Å². The molecule has 2 aliphatic rings. The molecule has 20 heavy (non-hydrogen) atoms. The highest BCUT2D eigenvalue weighted by Gasteiger charge is 2.34. The Kier molecular flexibility index (Phi) is 2.86. The first-order valence-electron chi connectivity index (χ1n) is 6.28. The van der Waals surface area contributed by atoms with Gasteiger partial charge in [-0.3, -0.25) is 9.69 Å². The minimum Gasteiger partial charge on any atom is -0.443 e. The molecule has 3 rings (SSSR count). The maximum atomic E-state index is 14.1. The van der Waals surface area contributed by atoms with E-state index in [-0.39, 0.29) is 37.2 Å². The summed E-state index contributed by atoms with van der Waals surface area (Å²) in [6, 6.07) is 2.90. The van der Waals surface area contributed by atoms with Crippen molar-refractivity contribution in [3.8, 4) is 0 Å². The van der Waals surface area contributed by atoms with E-state index < -0.39 is 11.9 Å². The second kappa shape index (κ2) is 4.45. The van der Waals surface area contributed by atoms with Crippen LogP contribution in [0.15, 0.2) is 12.1 Å². The zero-order valence-electron chi connectivity index (χ0n) is 10.9. The Morgan fingerprint density at radius 2 is 2.20 bits per heavy atom. The number of nitrogens with zero attached hydrogens (tertiary/aromatic N) is 2. The van der Waals surface area contributed by atoms with E-state index in [1.165, 1.54) is 22.9 Å². The lowest BCUT2D eigenvalue weighted by Crippen LogP contribution is -2.27. The zero-order chi connectivity index (χ0) is 14.4. The molecule has 1 atom stereocenters. The molecular formula is C13H14FN3O3. The van der Waals surface area contributed by atoms with E-state index >= 15 is 0 Å². The third-order valence-corrected chi connectivity index (χ3v) is 3.63. The van der Waals surface area contributed by atoms with Gasteiger partial charge in [0.25, 0.3) is 0 Å². The van der Waals surface area contributed by atoms with Crippen molar-refractivity contribution in [3.63, 3.8) is 0 Å². The molecule has 6 nitrogen and oxygen atoms in total. The SMILES string of the molecule is CN1C(=O)Cc2cc(N3C[C@H](CN)OC3=O)cc(F)c21. The monoisotopic (exact) mass is 279 g/mol. The topological polar surface area (TPSA) is 75.9 Å². The lowest BCUT2D eigenvalue weighted by molar-refractivity contribution is -0.117. The molecule has 2 aliphatic heterocycles. The maximum absolute atomic E-state index is 14.1. The van der Waals surface area contributed by atoms with Crippen LogP contribution in [-0.4, -0.2) is 38.2 Å². The second-order valence-electron chi connectivity index (χ2n) is 4.92. The fourth-order valence-corrected chi connectivity index (χ4v) is 2.57. The van der Waals surface area contributed by atoms with Crippen LogP contribution in [0.3, 0.4) is 0 Å². The summed E-state index contributed by atoms with van der Waals surface area (Å²) in [6.45, 7) is 0.508. The molecule has 7 heteroatoms. The number of rotatable bonds is 2. The summed E-state index contributed by atoms with van der Waals surface area (Å²) in [5, 5.41) is 0. The van der Waals surface area contributed by atoms with E-state index in [0.717, 1.165) is 0 Å². The van der Waals surface area contributed by atoms with Gasteiger partial charge in [-0.25, -0.2) is 9.18 Å². The van der Waals surface area contributed by atoms with Crippen LogP contribution in [0.2, 0.25) is 0 Å². The third-order valence-electron chi connectivity index (χ3n) is 3.63. The standard InChI is InChI=1S/C13H14FN3O3/c1-16-11(18)3-7-2-8(4-10(14)12(7)16)17-6-9(5-15)20-13(17)19/h2,4,9H,3,5-6,15H2,1H3/t9-/m0/s1. The molecule has 2 N–H and O–H groups in total. The molecule has 0 spiro atoms. The van der Waals surface area contributed by atoms with E-state index in [4.69, 9.17) is 10.5 Å². The number of ether oxygens (including phenoxy) is 1. The van der Waals surface area contributed by atoms with Crippen LogP contribution in [-0.2, 0) is 16.0 Å². The van der Waals surface area contributed by atoms with Crippen molar-refractivity contribution in [2.75, 3.05) is 29.9 Å². The minimum absolute atomic E-state index is 0.139. The van der Waals surface area contributed by atoms with Gasteiger partial charge in [0.1, 0.15) is 11.9 Å². The second-order valence-corrected chi connectivity index (χ2v) is 4.92. The Morgan fingerprint density at radius 3 is 2.85 bits per heavy atom. The molecule has 106 valence electrons. The van der Waals surface area contributed by atoms with Gasteiger partial charge >= 0.3 is 6.09 Å². The van der Waals surface area contributed by atoms with Gasteiger partial charge in [0, 0.05) is 13.6 Å². The number of likely N-dealkylation sites (N-methyl/N-ethyl adjacent to an activating group) is 1. The Hall–Kier alpha value is -2.15. The highest BCUT2D eigenvalue weighted by molar-refractivity contribution is 6.02. The summed E-state index contributed by atoms with van der Waals surface area (Å²) in [5.41, 5.74) is 6.72. The number of benzene rings is 1. The van der Waals surface area contributed by atoms with Crippen molar-refractivity contribution in [3.05, 3.63) is 23.5 Å². The molecule has 0 unspecified atom stereocenters. The molecule has 1 fully saturated rings. The van der Waals surface area contributed by atoms with Crippen LogP contribution in [0.5, 0.6) is 0 Å². The number of fused-ring (bicyclic) bond motifs is 1. The predicted octanol–water partition coefficient (Wildman–Crippen LogP) is 0.628. The molecule has 2 heterocycles. The summed E-state index contributed by atoms with van der Waals surface area (Å²) >= 11 is 0. The summed E-state index contributed by atoms with van der Waals surface area (Å²) in [6.07, 6.45) is -0.791. The predicted molar refractivity (Wildman–Crippen MR) is 70.2 cm³/mol. The van der Waals surface area contributed by atoms with Crippen LogP contribution in [0, 0.1) is 5.82 Å². The van der Waals surface area contributed by atoms with Gasteiger partial charge in [-0.15, -0.1) is 0 Å². The molecule has 0 radical (unpaired) electrons. The number of hydrogen-bond acceptors (Lipinski definition) is 4. The van der Waals surface area contributed by atoms with Crippen molar-refractivity contribution in [1.82, 2.24) is 0 Å². The van der Waals surface area contributed by atoms with Crippen LogP contribution in [0.4, 0.5) is 20.6 Å². The number of nitrogens with two attached hydrogens (primary N) is 1. The van der Waals surface area contributed by atoms with Gasteiger partial charge in [0.05, 0.1) is 24.3 Å². The zero-order valence-corrected chi connectivity index (χ0v) is 10.9.